The van der Waals surface area contributed by atoms with Gasteiger partial charge in [0.2, 0.25) is 5.91 Å². The highest BCUT2D eigenvalue weighted by Crippen LogP contribution is 2.29. The molecule has 2 heterocycles. The van der Waals surface area contributed by atoms with E-state index in [0.29, 0.717) is 23.6 Å². The third-order valence-electron chi connectivity index (χ3n) is 5.84. The zero-order valence-corrected chi connectivity index (χ0v) is 16.9. The molecule has 0 radical (unpaired) electrons. The van der Waals surface area contributed by atoms with Crippen molar-refractivity contribution in [3.8, 4) is 0 Å². The molecule has 2 aliphatic rings. The van der Waals surface area contributed by atoms with Gasteiger partial charge in [-0.15, -0.1) is 0 Å². The van der Waals surface area contributed by atoms with Crippen LogP contribution < -0.4 is 15.5 Å². The molecule has 0 aromatic heterocycles. The summed E-state index contributed by atoms with van der Waals surface area (Å²) in [5.74, 6) is -0.0442. The zero-order chi connectivity index (χ0) is 19.4. The fourth-order valence-electron chi connectivity index (χ4n) is 4.07. The Kier molecular flexibility index (Phi) is 6.60. The number of carbonyl (C=O) groups is 2. The van der Waals surface area contributed by atoms with E-state index in [0.717, 1.165) is 31.6 Å². The number of nitrogens with one attached hydrogen (secondary N) is 2. The van der Waals surface area contributed by atoms with Gasteiger partial charge in [-0.2, -0.15) is 0 Å². The molecule has 27 heavy (non-hydrogen) atoms. The lowest BCUT2D eigenvalue weighted by atomic mass is 10.1. The van der Waals surface area contributed by atoms with Crippen molar-refractivity contribution >= 4 is 29.1 Å². The van der Waals surface area contributed by atoms with Gasteiger partial charge in [0.15, 0.2) is 0 Å². The Hall–Kier alpha value is -1.79. The zero-order valence-electron chi connectivity index (χ0n) is 16.1. The third kappa shape index (κ3) is 4.74. The molecule has 7 heteroatoms. The average molecular weight is 393 g/mol. The van der Waals surface area contributed by atoms with Crippen LogP contribution in [-0.2, 0) is 4.79 Å². The molecule has 2 aliphatic heterocycles. The fraction of sp³-hybridized carbons (Fsp3) is 0.600. The van der Waals surface area contributed by atoms with Crippen molar-refractivity contribution < 1.29 is 9.59 Å². The average Bonchev–Trinajstić information content (AvgIpc) is 3.31. The second-order valence-corrected chi connectivity index (χ2v) is 7.91. The monoisotopic (exact) mass is 392 g/mol. The lowest BCUT2D eigenvalue weighted by Crippen LogP contribution is -2.42. The summed E-state index contributed by atoms with van der Waals surface area (Å²) < 4.78 is 0. The topological polar surface area (TPSA) is 64.7 Å². The number of halogens is 1. The number of anilines is 1. The maximum Gasteiger partial charge on any atom is 0.251 e. The van der Waals surface area contributed by atoms with Crippen molar-refractivity contribution in [2.24, 2.45) is 0 Å². The summed E-state index contributed by atoms with van der Waals surface area (Å²) in [6.07, 6.45) is 4.84. The van der Waals surface area contributed by atoms with Crippen LogP contribution >= 0.6 is 11.6 Å². The Balaban J connectivity index is 1.53. The Bertz CT molecular complexity index is 691. The SMILES string of the molecule is CNC(=O)C[C@H]1CC[C@@H](CNC(=O)c2ccc(N3CCCC3)c(Cl)c2)N1C. The van der Waals surface area contributed by atoms with Gasteiger partial charge in [-0.05, 0) is 50.9 Å². The van der Waals surface area contributed by atoms with Crippen molar-refractivity contribution in [1.29, 1.82) is 0 Å². The van der Waals surface area contributed by atoms with Gasteiger partial charge < -0.3 is 15.5 Å². The predicted molar refractivity (Wildman–Crippen MR) is 108 cm³/mol. The van der Waals surface area contributed by atoms with Crippen LogP contribution in [0, 0.1) is 0 Å². The highest BCUT2D eigenvalue weighted by Gasteiger charge is 2.31. The number of likely N-dealkylation sites (tertiary alicyclic amines) is 1. The van der Waals surface area contributed by atoms with Crippen LogP contribution in [0.3, 0.4) is 0 Å². The number of hydrogen-bond donors (Lipinski definition) is 2. The van der Waals surface area contributed by atoms with Crippen molar-refractivity contribution in [2.75, 3.05) is 38.6 Å². The highest BCUT2D eigenvalue weighted by atomic mass is 35.5. The van der Waals surface area contributed by atoms with Crippen LogP contribution in [-0.4, -0.2) is 62.5 Å². The number of rotatable bonds is 6. The first kappa shape index (κ1) is 20.0. The van der Waals surface area contributed by atoms with E-state index in [2.05, 4.69) is 20.4 Å². The van der Waals surface area contributed by atoms with Crippen LogP contribution in [0.1, 0.15) is 42.5 Å². The van der Waals surface area contributed by atoms with Crippen LogP contribution in [0.5, 0.6) is 0 Å². The maximum absolute atomic E-state index is 12.5. The van der Waals surface area contributed by atoms with Gasteiger partial charge in [0.25, 0.3) is 5.91 Å². The highest BCUT2D eigenvalue weighted by molar-refractivity contribution is 6.33. The molecule has 0 spiro atoms. The number of likely N-dealkylation sites (N-methyl/N-ethyl adjacent to an activating group) is 1. The molecule has 0 aliphatic carbocycles. The lowest BCUT2D eigenvalue weighted by Gasteiger charge is -2.25. The van der Waals surface area contributed by atoms with Crippen molar-refractivity contribution in [3.05, 3.63) is 28.8 Å². The molecule has 2 amide bonds. The minimum Gasteiger partial charge on any atom is -0.370 e. The summed E-state index contributed by atoms with van der Waals surface area (Å²) in [7, 11) is 3.69. The number of nitrogens with zero attached hydrogens (tertiary/aromatic N) is 2. The summed E-state index contributed by atoms with van der Waals surface area (Å²) >= 11 is 6.42. The summed E-state index contributed by atoms with van der Waals surface area (Å²) in [6, 6.07) is 6.05. The lowest BCUT2D eigenvalue weighted by molar-refractivity contribution is -0.121. The summed E-state index contributed by atoms with van der Waals surface area (Å²) in [5, 5.41) is 6.33. The first-order valence-electron chi connectivity index (χ1n) is 9.75. The smallest absolute Gasteiger partial charge is 0.251 e. The minimum absolute atomic E-state index is 0.0595. The van der Waals surface area contributed by atoms with Crippen LogP contribution in [0.25, 0.3) is 0 Å². The Morgan fingerprint density at radius 3 is 2.56 bits per heavy atom. The number of benzene rings is 1. The summed E-state index contributed by atoms with van der Waals surface area (Å²) in [4.78, 5) is 28.6. The molecule has 0 saturated carbocycles. The molecular formula is C20H29ClN4O2. The molecule has 0 unspecified atom stereocenters. The quantitative estimate of drug-likeness (QED) is 0.779. The Morgan fingerprint density at radius 1 is 1.19 bits per heavy atom. The van der Waals surface area contributed by atoms with Crippen LogP contribution in [0.15, 0.2) is 18.2 Å². The largest absolute Gasteiger partial charge is 0.370 e. The van der Waals surface area contributed by atoms with Crippen molar-refractivity contribution in [3.63, 3.8) is 0 Å². The second kappa shape index (κ2) is 8.93. The molecule has 2 saturated heterocycles. The van der Waals surface area contributed by atoms with E-state index in [4.69, 9.17) is 11.6 Å². The van der Waals surface area contributed by atoms with Gasteiger partial charge in [0.05, 0.1) is 10.7 Å². The molecular weight excluding hydrogens is 364 g/mol. The number of hydrogen-bond acceptors (Lipinski definition) is 4. The van der Waals surface area contributed by atoms with E-state index in [9.17, 15) is 9.59 Å². The van der Waals surface area contributed by atoms with E-state index in [-0.39, 0.29) is 23.9 Å². The minimum atomic E-state index is -0.104. The van der Waals surface area contributed by atoms with Gasteiger partial charge in [-0.3, -0.25) is 14.5 Å². The maximum atomic E-state index is 12.5. The molecule has 2 N–H and O–H groups in total. The van der Waals surface area contributed by atoms with Gasteiger partial charge in [-0.1, -0.05) is 11.6 Å². The van der Waals surface area contributed by atoms with Crippen molar-refractivity contribution in [1.82, 2.24) is 15.5 Å². The predicted octanol–water partition coefficient (Wildman–Crippen LogP) is 2.27. The van der Waals surface area contributed by atoms with Crippen LogP contribution in [0.2, 0.25) is 5.02 Å². The first-order chi connectivity index (χ1) is 13.0. The molecule has 0 bridgehead atoms. The van der Waals surface area contributed by atoms with Crippen molar-refractivity contribution in [2.45, 2.75) is 44.2 Å². The summed E-state index contributed by atoms with van der Waals surface area (Å²) in [5.41, 5.74) is 1.60. The molecule has 3 rings (SSSR count). The molecule has 148 valence electrons. The Morgan fingerprint density at radius 2 is 1.89 bits per heavy atom. The molecule has 6 nitrogen and oxygen atoms in total. The van der Waals surface area contributed by atoms with Gasteiger partial charge in [0, 0.05) is 50.7 Å². The molecule has 2 fully saturated rings. The van der Waals surface area contributed by atoms with Gasteiger partial charge in [0.1, 0.15) is 0 Å². The normalized spacial score (nSPS) is 22.9. The molecule has 1 aromatic carbocycles. The first-order valence-corrected chi connectivity index (χ1v) is 10.1. The van der Waals surface area contributed by atoms with E-state index >= 15 is 0 Å². The summed E-state index contributed by atoms with van der Waals surface area (Å²) in [6.45, 7) is 2.62. The van der Waals surface area contributed by atoms with E-state index < -0.39 is 0 Å². The van der Waals surface area contributed by atoms with Gasteiger partial charge >= 0.3 is 0 Å². The Labute approximate surface area is 166 Å². The molecule has 2 atom stereocenters. The molecule has 1 aromatic rings. The fourth-order valence-corrected chi connectivity index (χ4v) is 4.37. The second-order valence-electron chi connectivity index (χ2n) is 7.50. The number of carbonyl (C=O) groups excluding carboxylic acids is 2. The third-order valence-corrected chi connectivity index (χ3v) is 6.14. The standard InChI is InChI=1S/C20H29ClN4O2/c1-22-19(26)12-15-6-7-16(24(15)2)13-23-20(27)14-5-8-18(17(21)11-14)25-9-3-4-10-25/h5,8,11,15-16H,3-4,6-7,9-10,12-13H2,1-2H3,(H,22,26)(H,23,27)/t15-,16+/m1/s1. The van der Waals surface area contributed by atoms with E-state index in [1.165, 1.54) is 12.8 Å². The van der Waals surface area contributed by atoms with Gasteiger partial charge in [-0.25, -0.2) is 0 Å². The van der Waals surface area contributed by atoms with Crippen LogP contribution in [0.4, 0.5) is 5.69 Å². The number of amides is 2. The van der Waals surface area contributed by atoms with E-state index in [1.54, 1.807) is 13.1 Å². The van der Waals surface area contributed by atoms with E-state index in [1.807, 2.05) is 19.2 Å².